The minimum absolute atomic E-state index is 0.0723. The number of hydrogen-bond donors (Lipinski definition) is 0. The van der Waals surface area contributed by atoms with E-state index in [4.69, 9.17) is 23.2 Å². The Labute approximate surface area is 132 Å². The maximum atomic E-state index is 13.6. The van der Waals surface area contributed by atoms with Crippen molar-refractivity contribution in [3.63, 3.8) is 0 Å². The lowest BCUT2D eigenvalue weighted by Gasteiger charge is -2.26. The molecule has 2 rings (SSSR count). The second-order valence-corrected chi connectivity index (χ2v) is 5.44. The van der Waals surface area contributed by atoms with Crippen molar-refractivity contribution in [1.82, 2.24) is 9.88 Å². The molecule has 110 valence electrons. The lowest BCUT2D eigenvalue weighted by Crippen LogP contribution is -2.30. The van der Waals surface area contributed by atoms with Crippen molar-refractivity contribution < 1.29 is 9.18 Å². The van der Waals surface area contributed by atoms with Crippen molar-refractivity contribution in [2.24, 2.45) is 0 Å². The molecule has 0 N–H and O–H groups in total. The van der Waals surface area contributed by atoms with Crippen molar-refractivity contribution in [3.05, 3.63) is 63.6 Å². The van der Waals surface area contributed by atoms with E-state index in [2.05, 4.69) is 4.98 Å². The lowest BCUT2D eigenvalue weighted by molar-refractivity contribution is 0.0737. The van der Waals surface area contributed by atoms with Gasteiger partial charge in [0.2, 0.25) is 5.95 Å². The molecule has 1 aromatic carbocycles. The molecule has 0 aliphatic carbocycles. The predicted molar refractivity (Wildman–Crippen MR) is 81.2 cm³/mol. The third kappa shape index (κ3) is 3.34. The Hall–Kier alpha value is -1.65. The highest BCUT2D eigenvalue weighted by molar-refractivity contribution is 6.35. The quantitative estimate of drug-likeness (QED) is 0.785. The lowest BCUT2D eigenvalue weighted by atomic mass is 10.1. The number of amides is 1. The highest BCUT2D eigenvalue weighted by Crippen LogP contribution is 2.29. The largest absolute Gasteiger partial charge is 0.335 e. The fourth-order valence-electron chi connectivity index (χ4n) is 1.96. The molecular weight excluding hydrogens is 314 g/mol. The zero-order valence-electron chi connectivity index (χ0n) is 11.5. The van der Waals surface area contributed by atoms with Gasteiger partial charge in [0.05, 0.1) is 11.6 Å². The van der Waals surface area contributed by atoms with Gasteiger partial charge in [-0.3, -0.25) is 4.79 Å². The summed E-state index contributed by atoms with van der Waals surface area (Å²) >= 11 is 12.0. The van der Waals surface area contributed by atoms with Crippen LogP contribution >= 0.6 is 23.2 Å². The Morgan fingerprint density at radius 3 is 2.67 bits per heavy atom. The fraction of sp³-hybridized carbons (Fsp3) is 0.200. The number of rotatable bonds is 3. The van der Waals surface area contributed by atoms with Crippen LogP contribution < -0.4 is 0 Å². The number of carbonyl (C=O) groups is 1. The van der Waals surface area contributed by atoms with Crippen LogP contribution in [-0.2, 0) is 0 Å². The maximum absolute atomic E-state index is 13.6. The van der Waals surface area contributed by atoms with Crippen LogP contribution in [0.5, 0.6) is 0 Å². The van der Waals surface area contributed by atoms with E-state index >= 15 is 0 Å². The topological polar surface area (TPSA) is 33.2 Å². The van der Waals surface area contributed by atoms with Crippen molar-refractivity contribution in [1.29, 1.82) is 0 Å². The average Bonchev–Trinajstić information content (AvgIpc) is 2.45. The van der Waals surface area contributed by atoms with Gasteiger partial charge in [0.25, 0.3) is 5.91 Å². The van der Waals surface area contributed by atoms with Crippen LogP contribution in [0, 0.1) is 5.95 Å². The van der Waals surface area contributed by atoms with Gasteiger partial charge in [0, 0.05) is 23.3 Å². The van der Waals surface area contributed by atoms with E-state index < -0.39 is 11.9 Å². The van der Waals surface area contributed by atoms with Crippen LogP contribution in [0.15, 0.2) is 36.5 Å². The standard InChI is InChI=1S/C15H13Cl2FN2O/c1-9(11-6-5-10(16)8-13(11)17)20(2)15(21)12-4-3-7-19-14(12)18/h3-9H,1-2H3. The Balaban J connectivity index is 2.29. The molecule has 0 saturated carbocycles. The second kappa shape index (κ2) is 6.41. The van der Waals surface area contributed by atoms with E-state index in [0.717, 1.165) is 5.56 Å². The smallest absolute Gasteiger partial charge is 0.258 e. The van der Waals surface area contributed by atoms with Crippen molar-refractivity contribution in [2.45, 2.75) is 13.0 Å². The summed E-state index contributed by atoms with van der Waals surface area (Å²) < 4.78 is 13.6. The first-order valence-corrected chi connectivity index (χ1v) is 7.00. The van der Waals surface area contributed by atoms with Gasteiger partial charge in [-0.2, -0.15) is 4.39 Å². The summed E-state index contributed by atoms with van der Waals surface area (Å²) in [6.45, 7) is 1.81. The highest BCUT2D eigenvalue weighted by atomic mass is 35.5. The van der Waals surface area contributed by atoms with Gasteiger partial charge < -0.3 is 4.90 Å². The van der Waals surface area contributed by atoms with Gasteiger partial charge in [-0.05, 0) is 36.8 Å². The molecule has 1 atom stereocenters. The van der Waals surface area contributed by atoms with Gasteiger partial charge in [-0.15, -0.1) is 0 Å². The minimum Gasteiger partial charge on any atom is -0.335 e. The summed E-state index contributed by atoms with van der Waals surface area (Å²) in [5, 5.41) is 0.976. The molecule has 0 spiro atoms. The van der Waals surface area contributed by atoms with Crippen molar-refractivity contribution >= 4 is 29.1 Å². The van der Waals surface area contributed by atoms with Crippen molar-refractivity contribution in [3.8, 4) is 0 Å². The van der Waals surface area contributed by atoms with Crippen LogP contribution in [0.1, 0.15) is 28.9 Å². The van der Waals surface area contributed by atoms with Crippen LogP contribution in [-0.4, -0.2) is 22.8 Å². The number of aromatic nitrogens is 1. The van der Waals surface area contributed by atoms with Gasteiger partial charge in [-0.1, -0.05) is 29.3 Å². The first kappa shape index (κ1) is 15.7. The van der Waals surface area contributed by atoms with E-state index in [0.29, 0.717) is 10.0 Å². The van der Waals surface area contributed by atoms with Gasteiger partial charge >= 0.3 is 0 Å². The van der Waals surface area contributed by atoms with Gasteiger partial charge in [-0.25, -0.2) is 4.98 Å². The van der Waals surface area contributed by atoms with Crippen LogP contribution in [0.3, 0.4) is 0 Å². The van der Waals surface area contributed by atoms with Crippen LogP contribution in [0.25, 0.3) is 0 Å². The van der Waals surface area contributed by atoms with Gasteiger partial charge in [0.1, 0.15) is 0 Å². The first-order chi connectivity index (χ1) is 9.91. The maximum Gasteiger partial charge on any atom is 0.258 e. The van der Waals surface area contributed by atoms with E-state index in [9.17, 15) is 9.18 Å². The molecule has 0 aliphatic heterocycles. The van der Waals surface area contributed by atoms with Crippen LogP contribution in [0.2, 0.25) is 10.0 Å². The number of hydrogen-bond acceptors (Lipinski definition) is 2. The second-order valence-electron chi connectivity index (χ2n) is 4.60. The molecule has 0 radical (unpaired) electrons. The number of nitrogens with zero attached hydrogens (tertiary/aromatic N) is 2. The third-order valence-electron chi connectivity index (χ3n) is 3.30. The summed E-state index contributed by atoms with van der Waals surface area (Å²) in [4.78, 5) is 17.2. The molecule has 6 heteroatoms. The number of benzene rings is 1. The van der Waals surface area contributed by atoms with E-state index in [1.54, 1.807) is 32.2 Å². The van der Waals surface area contributed by atoms with E-state index in [-0.39, 0.29) is 11.6 Å². The molecule has 0 saturated heterocycles. The van der Waals surface area contributed by atoms with Gasteiger partial charge in [0.15, 0.2) is 0 Å². The molecule has 0 bridgehead atoms. The molecule has 0 aliphatic rings. The fourth-order valence-corrected chi connectivity index (χ4v) is 2.53. The molecule has 3 nitrogen and oxygen atoms in total. The summed E-state index contributed by atoms with van der Waals surface area (Å²) in [6, 6.07) is 7.64. The normalized spacial score (nSPS) is 12.0. The Kier molecular flexibility index (Phi) is 4.80. The van der Waals surface area contributed by atoms with Crippen LogP contribution in [0.4, 0.5) is 4.39 Å². The summed E-state index contributed by atoms with van der Waals surface area (Å²) in [6.07, 6.45) is 1.30. The Morgan fingerprint density at radius 1 is 1.33 bits per heavy atom. The molecule has 21 heavy (non-hydrogen) atoms. The summed E-state index contributed by atoms with van der Waals surface area (Å²) in [5.41, 5.74) is 0.665. The molecule has 0 fully saturated rings. The summed E-state index contributed by atoms with van der Waals surface area (Å²) in [7, 11) is 1.59. The molecule has 1 heterocycles. The third-order valence-corrected chi connectivity index (χ3v) is 3.87. The summed E-state index contributed by atoms with van der Waals surface area (Å²) in [5.74, 6) is -1.25. The highest BCUT2D eigenvalue weighted by Gasteiger charge is 2.23. The Bertz CT molecular complexity index is 678. The average molecular weight is 327 g/mol. The molecule has 1 aromatic heterocycles. The molecule has 2 aromatic rings. The van der Waals surface area contributed by atoms with E-state index in [1.807, 2.05) is 0 Å². The minimum atomic E-state index is -0.788. The van der Waals surface area contributed by atoms with E-state index in [1.165, 1.54) is 23.2 Å². The number of halogens is 3. The monoisotopic (exact) mass is 326 g/mol. The SMILES string of the molecule is CC(c1ccc(Cl)cc1Cl)N(C)C(=O)c1cccnc1F. The number of carbonyl (C=O) groups excluding carboxylic acids is 1. The number of pyridine rings is 1. The first-order valence-electron chi connectivity index (χ1n) is 6.24. The zero-order valence-corrected chi connectivity index (χ0v) is 13.0. The van der Waals surface area contributed by atoms with Crippen molar-refractivity contribution in [2.75, 3.05) is 7.05 Å². The molecule has 1 unspecified atom stereocenters. The Morgan fingerprint density at radius 2 is 2.05 bits per heavy atom. The molecule has 1 amide bonds. The predicted octanol–water partition coefficient (Wildman–Crippen LogP) is 4.36. The molecular formula is C15H13Cl2FN2O. The zero-order chi connectivity index (χ0) is 15.6.